The Balaban J connectivity index is 2.47. The molecule has 0 saturated carbocycles. The monoisotopic (exact) mass is 197 g/mol. The van der Waals surface area contributed by atoms with Crippen LogP contribution in [0.4, 0.5) is 5.69 Å². The first kappa shape index (κ1) is 11.0. The minimum Gasteiger partial charge on any atom is -0.380 e. The van der Waals surface area contributed by atoms with Crippen LogP contribution in [0.25, 0.3) is 0 Å². The van der Waals surface area contributed by atoms with Crippen LogP contribution in [0.5, 0.6) is 0 Å². The molecule has 0 aliphatic rings. The average Bonchev–Trinajstić information content (AvgIpc) is 2.46. The summed E-state index contributed by atoms with van der Waals surface area (Å²) in [7, 11) is 1.94. The molecule has 1 aromatic heterocycles. The van der Waals surface area contributed by atoms with Gasteiger partial charge in [-0.25, -0.2) is 0 Å². The lowest BCUT2D eigenvalue weighted by Crippen LogP contribution is -2.21. The molecule has 0 bridgehead atoms. The number of nitrogens with zero attached hydrogens (tertiary/aromatic N) is 2. The Hall–Kier alpha value is -1.03. The van der Waals surface area contributed by atoms with E-state index in [1.807, 2.05) is 31.8 Å². The first-order chi connectivity index (χ1) is 6.65. The third-order valence-electron chi connectivity index (χ3n) is 2.21. The molecule has 4 nitrogen and oxygen atoms in total. The van der Waals surface area contributed by atoms with E-state index in [-0.39, 0.29) is 0 Å². The molecule has 1 aromatic rings. The lowest BCUT2D eigenvalue weighted by Gasteiger charge is -2.14. The molecule has 0 aliphatic carbocycles. The molecule has 0 saturated heterocycles. The number of hydrogen-bond donors (Lipinski definition) is 1. The molecule has 1 atom stereocenters. The Morgan fingerprint density at radius 3 is 2.86 bits per heavy atom. The topological polar surface area (TPSA) is 39.1 Å². The first-order valence-corrected chi connectivity index (χ1v) is 4.98. The number of anilines is 1. The maximum Gasteiger partial charge on any atom is 0.0758 e. The van der Waals surface area contributed by atoms with E-state index in [1.165, 1.54) is 0 Å². The molecule has 4 heteroatoms. The fraction of sp³-hybridized carbons (Fsp3) is 0.700. The normalized spacial score (nSPS) is 12.9. The van der Waals surface area contributed by atoms with Gasteiger partial charge in [0.25, 0.3) is 0 Å². The van der Waals surface area contributed by atoms with Gasteiger partial charge in [-0.2, -0.15) is 5.10 Å². The largest absolute Gasteiger partial charge is 0.380 e. The van der Waals surface area contributed by atoms with Crippen molar-refractivity contribution in [1.29, 1.82) is 0 Å². The molecular formula is C10H19N3O. The van der Waals surface area contributed by atoms with Gasteiger partial charge in [0, 0.05) is 19.7 Å². The Morgan fingerprint density at radius 2 is 2.36 bits per heavy atom. The zero-order chi connectivity index (χ0) is 10.6. The van der Waals surface area contributed by atoms with E-state index in [0.717, 1.165) is 24.6 Å². The Bertz CT molecular complexity index is 283. The van der Waals surface area contributed by atoms with Crippen LogP contribution in [0.3, 0.4) is 0 Å². The van der Waals surface area contributed by atoms with Crippen LogP contribution in [0, 0.1) is 6.92 Å². The molecule has 80 valence electrons. The SMILES string of the molecule is CCOCC(C)Nc1cnn(C)c1C. The predicted octanol–water partition coefficient (Wildman–Crippen LogP) is 1.57. The summed E-state index contributed by atoms with van der Waals surface area (Å²) in [5, 5.41) is 7.52. The lowest BCUT2D eigenvalue weighted by atomic mass is 10.3. The highest BCUT2D eigenvalue weighted by molar-refractivity contribution is 5.46. The van der Waals surface area contributed by atoms with Gasteiger partial charge >= 0.3 is 0 Å². The fourth-order valence-corrected chi connectivity index (χ4v) is 1.24. The maximum atomic E-state index is 5.32. The Kier molecular flexibility index (Phi) is 3.95. The molecule has 1 rings (SSSR count). The van der Waals surface area contributed by atoms with Gasteiger partial charge in [-0.15, -0.1) is 0 Å². The van der Waals surface area contributed by atoms with E-state index in [4.69, 9.17) is 4.74 Å². The Labute approximate surface area is 85.3 Å². The van der Waals surface area contributed by atoms with Gasteiger partial charge in [0.1, 0.15) is 0 Å². The van der Waals surface area contributed by atoms with Crippen LogP contribution >= 0.6 is 0 Å². The Morgan fingerprint density at radius 1 is 1.64 bits per heavy atom. The van der Waals surface area contributed by atoms with Crippen LogP contribution in [0.1, 0.15) is 19.5 Å². The molecule has 0 aliphatic heterocycles. The minimum atomic E-state index is 0.317. The summed E-state index contributed by atoms with van der Waals surface area (Å²) in [6, 6.07) is 0.317. The van der Waals surface area contributed by atoms with Gasteiger partial charge in [0.05, 0.1) is 24.2 Å². The zero-order valence-corrected chi connectivity index (χ0v) is 9.37. The average molecular weight is 197 g/mol. The maximum absolute atomic E-state index is 5.32. The zero-order valence-electron chi connectivity index (χ0n) is 9.37. The summed E-state index contributed by atoms with van der Waals surface area (Å²) in [4.78, 5) is 0. The van der Waals surface area contributed by atoms with Crippen molar-refractivity contribution in [3.8, 4) is 0 Å². The standard InChI is InChI=1S/C10H19N3O/c1-5-14-7-8(2)12-10-6-11-13(4)9(10)3/h6,8,12H,5,7H2,1-4H3. The van der Waals surface area contributed by atoms with Crippen molar-refractivity contribution in [2.24, 2.45) is 7.05 Å². The molecule has 14 heavy (non-hydrogen) atoms. The molecule has 1 N–H and O–H groups in total. The van der Waals surface area contributed by atoms with Crippen LogP contribution in [-0.2, 0) is 11.8 Å². The fourth-order valence-electron chi connectivity index (χ4n) is 1.24. The van der Waals surface area contributed by atoms with Crippen molar-refractivity contribution in [3.05, 3.63) is 11.9 Å². The second kappa shape index (κ2) is 5.00. The van der Waals surface area contributed by atoms with Gasteiger partial charge in [-0.1, -0.05) is 0 Å². The molecular weight excluding hydrogens is 178 g/mol. The molecule has 0 spiro atoms. The number of ether oxygens (including phenoxy) is 1. The molecule has 1 heterocycles. The highest BCUT2D eigenvalue weighted by Gasteiger charge is 2.06. The molecule has 1 unspecified atom stereocenters. The van der Waals surface area contributed by atoms with Crippen molar-refractivity contribution in [2.75, 3.05) is 18.5 Å². The number of nitrogens with one attached hydrogen (secondary N) is 1. The highest BCUT2D eigenvalue weighted by atomic mass is 16.5. The van der Waals surface area contributed by atoms with Gasteiger partial charge in [-0.3, -0.25) is 4.68 Å². The third kappa shape index (κ3) is 2.73. The highest BCUT2D eigenvalue weighted by Crippen LogP contribution is 2.13. The van der Waals surface area contributed by atoms with E-state index in [0.29, 0.717) is 6.04 Å². The second-order valence-electron chi connectivity index (χ2n) is 3.47. The van der Waals surface area contributed by atoms with Crippen LogP contribution in [-0.4, -0.2) is 29.0 Å². The summed E-state index contributed by atoms with van der Waals surface area (Å²) >= 11 is 0. The lowest BCUT2D eigenvalue weighted by molar-refractivity contribution is 0.141. The minimum absolute atomic E-state index is 0.317. The molecule has 0 fully saturated rings. The van der Waals surface area contributed by atoms with Crippen molar-refractivity contribution in [3.63, 3.8) is 0 Å². The smallest absolute Gasteiger partial charge is 0.0758 e. The van der Waals surface area contributed by atoms with Crippen molar-refractivity contribution in [1.82, 2.24) is 9.78 Å². The number of hydrogen-bond acceptors (Lipinski definition) is 3. The first-order valence-electron chi connectivity index (χ1n) is 4.98. The summed E-state index contributed by atoms with van der Waals surface area (Å²) < 4.78 is 7.18. The van der Waals surface area contributed by atoms with Gasteiger partial charge < -0.3 is 10.1 Å². The van der Waals surface area contributed by atoms with Crippen molar-refractivity contribution >= 4 is 5.69 Å². The van der Waals surface area contributed by atoms with Gasteiger partial charge in [0.15, 0.2) is 0 Å². The van der Waals surface area contributed by atoms with Crippen molar-refractivity contribution < 1.29 is 4.74 Å². The number of aromatic nitrogens is 2. The summed E-state index contributed by atoms with van der Waals surface area (Å²) in [5.74, 6) is 0. The predicted molar refractivity (Wildman–Crippen MR) is 57.5 cm³/mol. The van der Waals surface area contributed by atoms with E-state index in [1.54, 1.807) is 0 Å². The summed E-state index contributed by atoms with van der Waals surface area (Å²) in [5.41, 5.74) is 2.23. The van der Waals surface area contributed by atoms with E-state index < -0.39 is 0 Å². The number of rotatable bonds is 5. The third-order valence-corrected chi connectivity index (χ3v) is 2.21. The van der Waals surface area contributed by atoms with E-state index in [9.17, 15) is 0 Å². The number of aryl methyl sites for hydroxylation is 1. The summed E-state index contributed by atoms with van der Waals surface area (Å²) in [6.45, 7) is 7.63. The molecule has 0 aromatic carbocycles. The summed E-state index contributed by atoms with van der Waals surface area (Å²) in [6.07, 6.45) is 1.85. The van der Waals surface area contributed by atoms with E-state index >= 15 is 0 Å². The van der Waals surface area contributed by atoms with Gasteiger partial charge in [-0.05, 0) is 20.8 Å². The quantitative estimate of drug-likeness (QED) is 0.778. The molecule has 0 amide bonds. The van der Waals surface area contributed by atoms with Crippen molar-refractivity contribution in [2.45, 2.75) is 26.8 Å². The van der Waals surface area contributed by atoms with Crippen LogP contribution in [0.2, 0.25) is 0 Å². The van der Waals surface area contributed by atoms with Crippen LogP contribution in [0.15, 0.2) is 6.20 Å². The van der Waals surface area contributed by atoms with Gasteiger partial charge in [0.2, 0.25) is 0 Å². The molecule has 0 radical (unpaired) electrons. The van der Waals surface area contributed by atoms with E-state index in [2.05, 4.69) is 17.3 Å². The second-order valence-corrected chi connectivity index (χ2v) is 3.47. The van der Waals surface area contributed by atoms with Crippen LogP contribution < -0.4 is 5.32 Å².